The van der Waals surface area contributed by atoms with Crippen LogP contribution in [0.5, 0.6) is 0 Å². The van der Waals surface area contributed by atoms with Crippen molar-refractivity contribution in [3.05, 3.63) is 10.1 Å². The van der Waals surface area contributed by atoms with Crippen LogP contribution < -0.4 is 0 Å². The van der Waals surface area contributed by atoms with Crippen LogP contribution in [0.15, 0.2) is 10.1 Å². The summed E-state index contributed by atoms with van der Waals surface area (Å²) in [5.41, 5.74) is 0. The molecule has 0 spiro atoms. The molecule has 2 atom stereocenters. The molecule has 1 heterocycles. The molecule has 0 saturated heterocycles. The maximum atomic E-state index is 9.39. The van der Waals surface area contributed by atoms with Gasteiger partial charge in [0.15, 0.2) is 0 Å². The van der Waals surface area contributed by atoms with Gasteiger partial charge in [-0.3, -0.25) is 4.90 Å². The van der Waals surface area contributed by atoms with Gasteiger partial charge in [-0.05, 0) is 20.3 Å². The lowest BCUT2D eigenvalue weighted by Crippen LogP contribution is -2.43. The second-order valence-electron chi connectivity index (χ2n) is 3.51. The third kappa shape index (κ3) is 2.84. The Kier molecular flexibility index (Phi) is 4.05. The highest BCUT2D eigenvalue weighted by molar-refractivity contribution is 6.39. The molecule has 0 aromatic carbocycles. The third-order valence-corrected chi connectivity index (χ3v) is 3.39. The quantitative estimate of drug-likeness (QED) is 0.776. The Hall–Kier alpha value is 0.240. The van der Waals surface area contributed by atoms with Crippen LogP contribution in [0, 0.1) is 0 Å². The van der Waals surface area contributed by atoms with E-state index in [0.29, 0.717) is 11.6 Å². The minimum atomic E-state index is -0.332. The third-order valence-electron chi connectivity index (χ3n) is 2.53. The molecule has 2 nitrogen and oxygen atoms in total. The average Bonchev–Trinajstić information content (AvgIpc) is 2.08. The van der Waals surface area contributed by atoms with Gasteiger partial charge >= 0.3 is 0 Å². The highest BCUT2D eigenvalue weighted by Crippen LogP contribution is 2.25. The Labute approximate surface area is 89.1 Å². The number of aliphatic hydroxyl groups is 1. The first kappa shape index (κ1) is 11.3. The molecule has 0 aromatic rings. The first-order valence-electron chi connectivity index (χ1n) is 4.47. The predicted molar refractivity (Wildman–Crippen MR) is 56.1 cm³/mol. The van der Waals surface area contributed by atoms with Gasteiger partial charge in [0.2, 0.25) is 0 Å². The lowest BCUT2D eigenvalue weighted by atomic mass is 10.1. The van der Waals surface area contributed by atoms with Crippen LogP contribution in [0.25, 0.3) is 0 Å². The predicted octanol–water partition coefficient (Wildman–Crippen LogP) is 2.15. The number of hydrogen-bond acceptors (Lipinski definition) is 2. The standard InChI is InChI=1S/C9H15Cl2NO/c1-6(7(2)13)12-4-3-8(10)9(11)5-12/h6-7,13H,3-5H2,1-2H3. The Morgan fingerprint density at radius 1 is 1.31 bits per heavy atom. The van der Waals surface area contributed by atoms with Crippen molar-refractivity contribution in [1.82, 2.24) is 4.90 Å². The van der Waals surface area contributed by atoms with Crippen molar-refractivity contribution in [3.63, 3.8) is 0 Å². The second kappa shape index (κ2) is 4.65. The molecule has 76 valence electrons. The highest BCUT2D eigenvalue weighted by atomic mass is 35.5. The molecule has 2 unspecified atom stereocenters. The molecule has 1 aliphatic heterocycles. The molecule has 0 amide bonds. The summed E-state index contributed by atoms with van der Waals surface area (Å²) in [4.78, 5) is 2.14. The minimum absolute atomic E-state index is 0.138. The Morgan fingerprint density at radius 3 is 2.38 bits per heavy atom. The maximum Gasteiger partial charge on any atom is 0.0664 e. The largest absolute Gasteiger partial charge is 0.392 e. The second-order valence-corrected chi connectivity index (χ2v) is 4.42. The molecular weight excluding hydrogens is 209 g/mol. The highest BCUT2D eigenvalue weighted by Gasteiger charge is 2.23. The first-order valence-corrected chi connectivity index (χ1v) is 5.23. The van der Waals surface area contributed by atoms with Crippen LogP contribution in [0.3, 0.4) is 0 Å². The monoisotopic (exact) mass is 223 g/mol. The van der Waals surface area contributed by atoms with E-state index in [1.54, 1.807) is 6.92 Å². The summed E-state index contributed by atoms with van der Waals surface area (Å²) in [6, 6.07) is 0.138. The van der Waals surface area contributed by atoms with Gasteiger partial charge in [-0.2, -0.15) is 0 Å². The van der Waals surface area contributed by atoms with Gasteiger partial charge in [0.1, 0.15) is 0 Å². The molecule has 0 bridgehead atoms. The summed E-state index contributed by atoms with van der Waals surface area (Å²) in [6.45, 7) is 5.32. The van der Waals surface area contributed by atoms with Crippen molar-refractivity contribution in [3.8, 4) is 0 Å². The van der Waals surface area contributed by atoms with Gasteiger partial charge < -0.3 is 5.11 Å². The Morgan fingerprint density at radius 2 is 1.92 bits per heavy atom. The van der Waals surface area contributed by atoms with Gasteiger partial charge in [0, 0.05) is 29.2 Å². The van der Waals surface area contributed by atoms with Crippen molar-refractivity contribution in [2.75, 3.05) is 13.1 Å². The van der Waals surface area contributed by atoms with Crippen LogP contribution in [0.1, 0.15) is 20.3 Å². The number of hydrogen-bond donors (Lipinski definition) is 1. The molecule has 1 rings (SSSR count). The zero-order valence-electron chi connectivity index (χ0n) is 7.93. The van der Waals surface area contributed by atoms with Gasteiger partial charge in [0.25, 0.3) is 0 Å². The zero-order valence-corrected chi connectivity index (χ0v) is 9.44. The zero-order chi connectivity index (χ0) is 10.0. The molecule has 13 heavy (non-hydrogen) atoms. The minimum Gasteiger partial charge on any atom is -0.392 e. The maximum absolute atomic E-state index is 9.39. The fourth-order valence-corrected chi connectivity index (χ4v) is 1.77. The van der Waals surface area contributed by atoms with E-state index in [-0.39, 0.29) is 12.1 Å². The van der Waals surface area contributed by atoms with E-state index in [0.717, 1.165) is 18.0 Å². The van der Waals surface area contributed by atoms with E-state index in [1.807, 2.05) is 6.92 Å². The summed E-state index contributed by atoms with van der Waals surface area (Å²) in [6.07, 6.45) is 0.457. The molecule has 1 aliphatic rings. The Balaban J connectivity index is 2.58. The normalized spacial score (nSPS) is 24.7. The van der Waals surface area contributed by atoms with E-state index in [9.17, 15) is 5.11 Å². The van der Waals surface area contributed by atoms with E-state index in [1.165, 1.54) is 0 Å². The number of halogens is 2. The molecule has 0 fully saturated rings. The molecule has 1 N–H and O–H groups in total. The van der Waals surface area contributed by atoms with Crippen LogP contribution in [-0.2, 0) is 0 Å². The van der Waals surface area contributed by atoms with Crippen LogP contribution in [0.4, 0.5) is 0 Å². The lowest BCUT2D eigenvalue weighted by Gasteiger charge is -2.33. The SMILES string of the molecule is CC(O)C(C)N1CCC(Cl)=C(Cl)C1. The summed E-state index contributed by atoms with van der Waals surface area (Å²) in [5.74, 6) is 0. The molecule has 0 aliphatic carbocycles. The number of rotatable bonds is 2. The molecule has 4 heteroatoms. The summed E-state index contributed by atoms with van der Waals surface area (Å²) in [7, 11) is 0. The fourth-order valence-electron chi connectivity index (χ4n) is 1.37. The van der Waals surface area contributed by atoms with Crippen molar-refractivity contribution in [2.24, 2.45) is 0 Å². The van der Waals surface area contributed by atoms with E-state index >= 15 is 0 Å². The van der Waals surface area contributed by atoms with E-state index in [2.05, 4.69) is 4.90 Å². The molecule has 0 aromatic heterocycles. The van der Waals surface area contributed by atoms with Crippen LogP contribution >= 0.6 is 23.2 Å². The molecule has 0 radical (unpaired) electrons. The summed E-state index contributed by atoms with van der Waals surface area (Å²) < 4.78 is 0. The van der Waals surface area contributed by atoms with Crippen molar-refractivity contribution in [2.45, 2.75) is 32.4 Å². The summed E-state index contributed by atoms with van der Waals surface area (Å²) >= 11 is 11.8. The topological polar surface area (TPSA) is 23.5 Å². The van der Waals surface area contributed by atoms with Gasteiger partial charge in [-0.1, -0.05) is 23.2 Å². The first-order chi connectivity index (χ1) is 6.02. The average molecular weight is 224 g/mol. The smallest absolute Gasteiger partial charge is 0.0664 e. The Bertz CT molecular complexity index is 216. The van der Waals surface area contributed by atoms with Crippen LogP contribution in [0.2, 0.25) is 0 Å². The molecular formula is C9H15Cl2NO. The van der Waals surface area contributed by atoms with E-state index < -0.39 is 0 Å². The number of aliphatic hydroxyl groups excluding tert-OH is 1. The molecule has 0 saturated carbocycles. The van der Waals surface area contributed by atoms with Crippen LogP contribution in [-0.4, -0.2) is 35.2 Å². The van der Waals surface area contributed by atoms with Gasteiger partial charge in [0.05, 0.1) is 6.10 Å². The van der Waals surface area contributed by atoms with Gasteiger partial charge in [-0.15, -0.1) is 0 Å². The summed E-state index contributed by atoms with van der Waals surface area (Å²) in [5, 5.41) is 10.9. The lowest BCUT2D eigenvalue weighted by molar-refractivity contribution is 0.0756. The van der Waals surface area contributed by atoms with Crippen molar-refractivity contribution in [1.29, 1.82) is 0 Å². The van der Waals surface area contributed by atoms with E-state index in [4.69, 9.17) is 23.2 Å². The van der Waals surface area contributed by atoms with Crippen molar-refractivity contribution >= 4 is 23.2 Å². The fraction of sp³-hybridized carbons (Fsp3) is 0.778. The van der Waals surface area contributed by atoms with Gasteiger partial charge in [-0.25, -0.2) is 0 Å². The number of nitrogens with zero attached hydrogens (tertiary/aromatic N) is 1. The van der Waals surface area contributed by atoms with Crippen molar-refractivity contribution < 1.29 is 5.11 Å².